The van der Waals surface area contributed by atoms with Crippen molar-refractivity contribution in [1.82, 2.24) is 4.57 Å². The van der Waals surface area contributed by atoms with Crippen molar-refractivity contribution < 1.29 is 0 Å². The van der Waals surface area contributed by atoms with Crippen LogP contribution in [0.5, 0.6) is 0 Å². The van der Waals surface area contributed by atoms with Gasteiger partial charge in [-0.05, 0) is 102 Å². The molecule has 5 aromatic carbocycles. The molecule has 194 valence electrons. The van der Waals surface area contributed by atoms with Gasteiger partial charge in [0.05, 0.1) is 5.52 Å². The van der Waals surface area contributed by atoms with Crippen molar-refractivity contribution in [3.63, 3.8) is 0 Å². The molecule has 2 heteroatoms. The van der Waals surface area contributed by atoms with Gasteiger partial charge in [0.1, 0.15) is 0 Å². The van der Waals surface area contributed by atoms with Crippen LogP contribution >= 0.6 is 0 Å². The molecule has 1 heterocycles. The third-order valence-electron chi connectivity index (χ3n) is 7.22. The van der Waals surface area contributed by atoms with E-state index in [4.69, 9.17) is 0 Å². The summed E-state index contributed by atoms with van der Waals surface area (Å²) in [6, 6.07) is 45.7. The normalized spacial score (nSPS) is 11.6. The molecule has 0 saturated carbocycles. The third-order valence-corrected chi connectivity index (χ3v) is 7.22. The number of para-hydroxylation sites is 1. The summed E-state index contributed by atoms with van der Waals surface area (Å²) in [4.78, 5) is 2.31. The van der Waals surface area contributed by atoms with Crippen molar-refractivity contribution in [1.29, 1.82) is 0 Å². The first-order valence-corrected chi connectivity index (χ1v) is 13.8. The summed E-state index contributed by atoms with van der Waals surface area (Å²) in [5.74, 6) is 0. The van der Waals surface area contributed by atoms with Gasteiger partial charge in [0.25, 0.3) is 0 Å². The molecule has 0 saturated heterocycles. The molecule has 0 atom stereocenters. The summed E-state index contributed by atoms with van der Waals surface area (Å²) in [6.07, 6.45) is 10.5. The van der Waals surface area contributed by atoms with E-state index in [1.54, 1.807) is 0 Å². The Kier molecular flexibility index (Phi) is 7.15. The zero-order valence-corrected chi connectivity index (χ0v) is 22.9. The Morgan fingerprint density at radius 1 is 0.500 bits per heavy atom. The lowest BCUT2D eigenvalue weighted by Gasteiger charge is -2.26. The maximum Gasteiger partial charge on any atom is 0.0528 e. The van der Waals surface area contributed by atoms with Crippen LogP contribution in [0.3, 0.4) is 0 Å². The molecule has 6 rings (SSSR count). The highest BCUT2D eigenvalue weighted by Gasteiger charge is 2.13. The molecule has 0 aliphatic carbocycles. The second kappa shape index (κ2) is 11.3. The Hall–Kier alpha value is -5.08. The van der Waals surface area contributed by atoms with Crippen LogP contribution < -0.4 is 4.90 Å². The smallest absolute Gasteiger partial charge is 0.0528 e. The molecule has 6 aromatic rings. The van der Waals surface area contributed by atoms with E-state index in [-0.39, 0.29) is 0 Å². The molecular weight excluding hydrogens is 484 g/mol. The molecule has 40 heavy (non-hydrogen) atoms. The van der Waals surface area contributed by atoms with Crippen LogP contribution in [0.4, 0.5) is 17.1 Å². The summed E-state index contributed by atoms with van der Waals surface area (Å²) < 4.78 is 2.24. The average molecular weight is 517 g/mol. The van der Waals surface area contributed by atoms with Crippen LogP contribution in [0.15, 0.2) is 146 Å². The highest BCUT2D eigenvalue weighted by Crippen LogP contribution is 2.36. The van der Waals surface area contributed by atoms with Gasteiger partial charge < -0.3 is 9.47 Å². The van der Waals surface area contributed by atoms with Gasteiger partial charge in [-0.1, -0.05) is 91.0 Å². The zero-order chi connectivity index (χ0) is 27.3. The van der Waals surface area contributed by atoms with Crippen molar-refractivity contribution in [2.24, 2.45) is 0 Å². The van der Waals surface area contributed by atoms with Crippen molar-refractivity contribution in [2.75, 3.05) is 4.90 Å². The monoisotopic (exact) mass is 516 g/mol. The number of anilines is 3. The fourth-order valence-corrected chi connectivity index (χ4v) is 5.23. The summed E-state index contributed by atoms with van der Waals surface area (Å²) in [6.45, 7) is 4.09. The number of hydrogen-bond donors (Lipinski definition) is 0. The number of fused-ring (bicyclic) bond motifs is 1. The van der Waals surface area contributed by atoms with Crippen LogP contribution in [0, 0.1) is 0 Å². The van der Waals surface area contributed by atoms with E-state index in [9.17, 15) is 0 Å². The predicted molar refractivity (Wildman–Crippen MR) is 173 cm³/mol. The molecule has 0 fully saturated rings. The molecule has 2 nitrogen and oxygen atoms in total. The number of benzene rings is 5. The minimum atomic E-state index is 1.12. The van der Waals surface area contributed by atoms with Crippen LogP contribution in [-0.2, 0) is 0 Å². The van der Waals surface area contributed by atoms with Crippen molar-refractivity contribution >= 4 is 40.1 Å². The minimum Gasteiger partial charge on any atom is -0.317 e. The highest BCUT2D eigenvalue weighted by atomic mass is 15.1. The van der Waals surface area contributed by atoms with Gasteiger partial charge in [0.15, 0.2) is 0 Å². The number of rotatable bonds is 7. The van der Waals surface area contributed by atoms with Gasteiger partial charge in [0, 0.05) is 28.9 Å². The molecule has 0 radical (unpaired) electrons. The van der Waals surface area contributed by atoms with Crippen molar-refractivity contribution in [2.45, 2.75) is 13.8 Å². The maximum absolute atomic E-state index is 2.31. The van der Waals surface area contributed by atoms with Gasteiger partial charge in [-0.25, -0.2) is 0 Å². The minimum absolute atomic E-state index is 1.12. The van der Waals surface area contributed by atoms with Crippen molar-refractivity contribution in [3.05, 3.63) is 157 Å². The predicted octanol–water partition coefficient (Wildman–Crippen LogP) is 10.8. The van der Waals surface area contributed by atoms with E-state index in [1.807, 2.05) is 13.8 Å². The standard InChI is InChI=1S/C38H32N2/c1-3-7-29-11-19-35(20-12-29)40(36-21-13-30(8-4-2)14-22-36)37-25-17-32(18-26-37)31-15-23-34(24-16-31)39-28-27-33-9-5-6-10-38(33)39/h3-28H,1-2H3/b7-3+,8-4+. The highest BCUT2D eigenvalue weighted by molar-refractivity contribution is 5.82. The fraction of sp³-hybridized carbons (Fsp3) is 0.0526. The first kappa shape index (κ1) is 25.2. The van der Waals surface area contributed by atoms with Gasteiger partial charge in [0.2, 0.25) is 0 Å². The Labute approximate surface area is 236 Å². The lowest BCUT2D eigenvalue weighted by Crippen LogP contribution is -2.09. The fourth-order valence-electron chi connectivity index (χ4n) is 5.23. The molecule has 0 aliphatic rings. The Morgan fingerprint density at radius 2 is 0.975 bits per heavy atom. The summed E-state index contributed by atoms with van der Waals surface area (Å²) in [5.41, 5.74) is 10.5. The average Bonchev–Trinajstić information content (AvgIpc) is 3.44. The second-order valence-corrected chi connectivity index (χ2v) is 9.86. The Balaban J connectivity index is 1.31. The van der Waals surface area contributed by atoms with Gasteiger partial charge >= 0.3 is 0 Å². The molecule has 1 aromatic heterocycles. The number of allylic oxidation sites excluding steroid dienone is 2. The van der Waals surface area contributed by atoms with Crippen LogP contribution in [0.2, 0.25) is 0 Å². The van der Waals surface area contributed by atoms with Gasteiger partial charge in [-0.15, -0.1) is 0 Å². The topological polar surface area (TPSA) is 8.17 Å². The molecule has 0 spiro atoms. The quantitative estimate of drug-likeness (QED) is 0.205. The van der Waals surface area contributed by atoms with E-state index in [2.05, 4.69) is 167 Å². The van der Waals surface area contributed by atoms with Crippen molar-refractivity contribution in [3.8, 4) is 16.8 Å². The number of aromatic nitrogens is 1. The Morgan fingerprint density at radius 3 is 1.50 bits per heavy atom. The summed E-state index contributed by atoms with van der Waals surface area (Å²) in [7, 11) is 0. The van der Waals surface area contributed by atoms with E-state index >= 15 is 0 Å². The molecular formula is C38H32N2. The summed E-state index contributed by atoms with van der Waals surface area (Å²) >= 11 is 0. The van der Waals surface area contributed by atoms with Gasteiger partial charge in [-0.3, -0.25) is 0 Å². The summed E-state index contributed by atoms with van der Waals surface area (Å²) in [5, 5.41) is 1.25. The van der Waals surface area contributed by atoms with E-state index < -0.39 is 0 Å². The van der Waals surface area contributed by atoms with Gasteiger partial charge in [-0.2, -0.15) is 0 Å². The second-order valence-electron chi connectivity index (χ2n) is 9.86. The van der Waals surface area contributed by atoms with Crippen LogP contribution in [0.1, 0.15) is 25.0 Å². The lowest BCUT2D eigenvalue weighted by atomic mass is 10.0. The number of hydrogen-bond acceptors (Lipinski definition) is 1. The largest absolute Gasteiger partial charge is 0.317 e. The Bertz CT molecular complexity index is 1710. The van der Waals surface area contributed by atoms with E-state index in [0.717, 1.165) is 22.7 Å². The first-order valence-electron chi connectivity index (χ1n) is 13.8. The zero-order valence-electron chi connectivity index (χ0n) is 22.9. The lowest BCUT2D eigenvalue weighted by molar-refractivity contribution is 1.13. The van der Waals surface area contributed by atoms with E-state index in [0.29, 0.717) is 0 Å². The number of nitrogens with zero attached hydrogens (tertiary/aromatic N) is 2. The molecule has 0 N–H and O–H groups in total. The first-order chi connectivity index (χ1) is 19.7. The maximum atomic E-state index is 2.31. The van der Waals surface area contributed by atoms with E-state index in [1.165, 1.54) is 33.2 Å². The molecule has 0 aliphatic heterocycles. The SMILES string of the molecule is C/C=C/c1ccc(N(c2ccc(/C=C/C)cc2)c2ccc(-c3ccc(-n4ccc5ccccc54)cc3)cc2)cc1. The molecule has 0 unspecified atom stereocenters. The van der Waals surface area contributed by atoms with Crippen LogP contribution in [0.25, 0.3) is 39.9 Å². The molecule has 0 amide bonds. The van der Waals surface area contributed by atoms with Crippen LogP contribution in [-0.4, -0.2) is 4.57 Å². The molecule has 0 bridgehead atoms. The third kappa shape index (κ3) is 5.12.